The first-order valence-electron chi connectivity index (χ1n) is 7.33. The molecule has 1 unspecified atom stereocenters. The maximum atomic E-state index is 12.8. The maximum absolute atomic E-state index is 12.8. The molecule has 2 aromatic carbocycles. The summed E-state index contributed by atoms with van der Waals surface area (Å²) in [4.78, 5) is 29.7. The maximum Gasteiger partial charge on any atom is 0.262 e. The lowest BCUT2D eigenvalue weighted by atomic mass is 9.94. The van der Waals surface area contributed by atoms with Crippen LogP contribution in [-0.4, -0.2) is 23.1 Å². The monoisotopic (exact) mass is 303 g/mol. The van der Waals surface area contributed by atoms with Gasteiger partial charge in [-0.1, -0.05) is 30.3 Å². The summed E-state index contributed by atoms with van der Waals surface area (Å²) >= 11 is 0. The Morgan fingerprint density at radius 2 is 1.65 bits per heavy atom. The van der Waals surface area contributed by atoms with Crippen LogP contribution >= 0.6 is 0 Å². The second kappa shape index (κ2) is 4.98. The molecule has 0 radical (unpaired) electrons. The Kier molecular flexibility index (Phi) is 2.94. The molecule has 23 heavy (non-hydrogen) atoms. The van der Waals surface area contributed by atoms with Crippen molar-refractivity contribution >= 4 is 34.5 Å². The Hall–Kier alpha value is -3.08. The molecular weight excluding hydrogens is 290 g/mol. The number of nitrogens with zero attached hydrogens (tertiary/aromatic N) is 3. The molecule has 4 rings (SSSR count). The lowest BCUT2D eigenvalue weighted by Crippen LogP contribution is -2.35. The fourth-order valence-corrected chi connectivity index (χ4v) is 2.91. The van der Waals surface area contributed by atoms with E-state index in [-0.39, 0.29) is 17.4 Å². The number of rotatable bonds is 2. The number of Topliss-reactive ketones (excluding diaryl/α,β-unsaturated/α-hetero) is 1. The molecule has 1 amide bonds. The quantitative estimate of drug-likeness (QED) is 0.856. The van der Waals surface area contributed by atoms with Gasteiger partial charge in [0.25, 0.3) is 5.91 Å². The van der Waals surface area contributed by atoms with Crippen molar-refractivity contribution in [1.82, 2.24) is 0 Å². The Labute approximate surface area is 133 Å². The van der Waals surface area contributed by atoms with Crippen LogP contribution < -0.4 is 5.01 Å². The number of aliphatic imine (C=N–C) groups is 1. The van der Waals surface area contributed by atoms with Crippen LogP contribution in [0.25, 0.3) is 0 Å². The van der Waals surface area contributed by atoms with E-state index in [9.17, 15) is 9.59 Å². The van der Waals surface area contributed by atoms with Crippen molar-refractivity contribution in [3.05, 3.63) is 60.2 Å². The molecule has 1 atom stereocenters. The molecule has 2 aliphatic rings. The van der Waals surface area contributed by atoms with Gasteiger partial charge in [-0.25, -0.2) is 4.99 Å². The van der Waals surface area contributed by atoms with E-state index in [0.717, 1.165) is 0 Å². The third kappa shape index (κ3) is 2.01. The Morgan fingerprint density at radius 3 is 2.39 bits per heavy atom. The van der Waals surface area contributed by atoms with Crippen molar-refractivity contribution in [2.45, 2.75) is 6.92 Å². The van der Waals surface area contributed by atoms with Crippen LogP contribution in [0.2, 0.25) is 0 Å². The van der Waals surface area contributed by atoms with Crippen molar-refractivity contribution in [1.29, 1.82) is 0 Å². The average molecular weight is 303 g/mol. The molecule has 2 aromatic rings. The second-order valence-electron chi connectivity index (χ2n) is 5.50. The van der Waals surface area contributed by atoms with Crippen LogP contribution in [0.15, 0.2) is 64.7 Å². The Balaban J connectivity index is 1.71. The number of hydrazone groups is 1. The van der Waals surface area contributed by atoms with Gasteiger partial charge >= 0.3 is 0 Å². The van der Waals surface area contributed by atoms with Crippen molar-refractivity contribution in [3.8, 4) is 0 Å². The van der Waals surface area contributed by atoms with Crippen LogP contribution in [0.3, 0.4) is 0 Å². The largest absolute Gasteiger partial charge is 0.287 e. The van der Waals surface area contributed by atoms with Crippen molar-refractivity contribution in [2.75, 3.05) is 5.01 Å². The number of ketones is 1. The Morgan fingerprint density at radius 1 is 0.957 bits per heavy atom. The summed E-state index contributed by atoms with van der Waals surface area (Å²) in [6.07, 6.45) is 0. The minimum Gasteiger partial charge on any atom is -0.287 e. The number of hydrogen-bond donors (Lipinski definition) is 0. The first-order valence-corrected chi connectivity index (χ1v) is 7.33. The fraction of sp³-hybridized carbons (Fsp3) is 0.111. The van der Waals surface area contributed by atoms with E-state index >= 15 is 0 Å². The summed E-state index contributed by atoms with van der Waals surface area (Å²) in [7, 11) is 0. The van der Waals surface area contributed by atoms with E-state index in [2.05, 4.69) is 10.1 Å². The highest BCUT2D eigenvalue weighted by molar-refractivity contribution is 6.57. The lowest BCUT2D eigenvalue weighted by Gasteiger charge is -2.13. The SMILES string of the molecule is CC1=NN(c2ccccc2)C(=O)C1C1=Nc2ccccc2C1=O. The highest BCUT2D eigenvalue weighted by atomic mass is 16.2. The predicted molar refractivity (Wildman–Crippen MR) is 88.4 cm³/mol. The van der Waals surface area contributed by atoms with Gasteiger partial charge in [0.05, 0.1) is 17.1 Å². The van der Waals surface area contributed by atoms with Gasteiger partial charge in [-0.05, 0) is 31.2 Å². The van der Waals surface area contributed by atoms with Crippen LogP contribution in [-0.2, 0) is 4.79 Å². The Bertz CT molecular complexity index is 884. The minimum absolute atomic E-state index is 0.191. The molecule has 5 heteroatoms. The molecule has 5 nitrogen and oxygen atoms in total. The topological polar surface area (TPSA) is 62.1 Å². The molecule has 112 valence electrons. The van der Waals surface area contributed by atoms with Crippen molar-refractivity contribution in [3.63, 3.8) is 0 Å². The summed E-state index contributed by atoms with van der Waals surface area (Å²) < 4.78 is 0. The third-order valence-corrected chi connectivity index (χ3v) is 4.03. The van der Waals surface area contributed by atoms with E-state index in [0.29, 0.717) is 22.6 Å². The first-order chi connectivity index (χ1) is 11.2. The van der Waals surface area contributed by atoms with Gasteiger partial charge in [0.15, 0.2) is 0 Å². The van der Waals surface area contributed by atoms with Gasteiger partial charge in [0.1, 0.15) is 11.6 Å². The molecule has 0 bridgehead atoms. The summed E-state index contributed by atoms with van der Waals surface area (Å²) in [5.74, 6) is -1.15. The predicted octanol–water partition coefficient (Wildman–Crippen LogP) is 2.99. The molecule has 0 aliphatic carbocycles. The second-order valence-corrected chi connectivity index (χ2v) is 5.50. The lowest BCUT2D eigenvalue weighted by molar-refractivity contribution is -0.118. The number of benzene rings is 2. The molecule has 2 heterocycles. The summed E-state index contributed by atoms with van der Waals surface area (Å²) in [6, 6.07) is 16.3. The van der Waals surface area contributed by atoms with Crippen molar-refractivity contribution < 1.29 is 9.59 Å². The van der Waals surface area contributed by atoms with Crippen LogP contribution in [0, 0.1) is 5.92 Å². The first kappa shape index (κ1) is 13.6. The number of carbonyl (C=O) groups excluding carboxylic acids is 2. The van der Waals surface area contributed by atoms with Gasteiger partial charge < -0.3 is 0 Å². The van der Waals surface area contributed by atoms with Crippen LogP contribution in [0.1, 0.15) is 17.3 Å². The van der Waals surface area contributed by atoms with E-state index < -0.39 is 5.92 Å². The van der Waals surface area contributed by atoms with Crippen LogP contribution in [0.5, 0.6) is 0 Å². The molecular formula is C18H13N3O2. The highest BCUT2D eigenvalue weighted by Crippen LogP contribution is 2.32. The van der Waals surface area contributed by atoms with E-state index in [1.807, 2.05) is 36.4 Å². The molecule has 2 aliphatic heterocycles. The molecule has 0 spiro atoms. The van der Waals surface area contributed by atoms with Gasteiger partial charge in [0, 0.05) is 5.56 Å². The number of fused-ring (bicyclic) bond motifs is 1. The van der Waals surface area contributed by atoms with E-state index in [1.165, 1.54) is 5.01 Å². The van der Waals surface area contributed by atoms with Gasteiger partial charge in [0.2, 0.25) is 5.78 Å². The molecule has 0 N–H and O–H groups in total. The third-order valence-electron chi connectivity index (χ3n) is 4.03. The molecule has 0 aromatic heterocycles. The van der Waals surface area contributed by atoms with Crippen molar-refractivity contribution in [2.24, 2.45) is 16.0 Å². The number of carbonyl (C=O) groups is 2. The zero-order valence-corrected chi connectivity index (χ0v) is 12.4. The number of para-hydroxylation sites is 2. The zero-order valence-electron chi connectivity index (χ0n) is 12.4. The standard InChI is InChI=1S/C18H13N3O2/c1-11-15(16-17(22)13-9-5-6-10-14(13)19-16)18(23)21(20-11)12-7-3-2-4-8-12/h2-10,15H,1H3. The van der Waals surface area contributed by atoms with Gasteiger partial charge in [-0.3, -0.25) is 9.59 Å². The van der Waals surface area contributed by atoms with Gasteiger partial charge in [-0.2, -0.15) is 10.1 Å². The van der Waals surface area contributed by atoms with Gasteiger partial charge in [-0.15, -0.1) is 0 Å². The summed E-state index contributed by atoms with van der Waals surface area (Å²) in [5.41, 5.74) is 2.69. The zero-order chi connectivity index (χ0) is 16.0. The normalized spacial score (nSPS) is 19.7. The smallest absolute Gasteiger partial charge is 0.262 e. The summed E-state index contributed by atoms with van der Waals surface area (Å²) in [6.45, 7) is 1.75. The number of hydrogen-bond acceptors (Lipinski definition) is 4. The number of anilines is 1. The van der Waals surface area contributed by atoms with Crippen LogP contribution in [0.4, 0.5) is 11.4 Å². The fourth-order valence-electron chi connectivity index (χ4n) is 2.91. The molecule has 0 saturated carbocycles. The minimum atomic E-state index is -0.713. The summed E-state index contributed by atoms with van der Waals surface area (Å²) in [5, 5.41) is 5.68. The van der Waals surface area contributed by atoms with E-state index in [4.69, 9.17) is 0 Å². The molecule has 0 fully saturated rings. The average Bonchev–Trinajstić information content (AvgIpc) is 3.05. The molecule has 0 saturated heterocycles. The van der Waals surface area contributed by atoms with E-state index in [1.54, 1.807) is 25.1 Å². The highest BCUT2D eigenvalue weighted by Gasteiger charge is 2.43. The number of amides is 1.